The molecule has 0 amide bonds. The van der Waals surface area contributed by atoms with Gasteiger partial charge >= 0.3 is 0 Å². The molecule has 5 heteroatoms. The summed E-state index contributed by atoms with van der Waals surface area (Å²) in [6.07, 6.45) is 5.14. The van der Waals surface area contributed by atoms with Gasteiger partial charge in [-0.05, 0) is 39.2 Å². The second-order valence-corrected chi connectivity index (χ2v) is 5.92. The van der Waals surface area contributed by atoms with E-state index in [0.717, 1.165) is 31.1 Å². The third-order valence-corrected chi connectivity index (χ3v) is 4.27. The van der Waals surface area contributed by atoms with E-state index in [4.69, 9.17) is 0 Å². The minimum absolute atomic E-state index is 0.00410. The van der Waals surface area contributed by atoms with Crippen molar-refractivity contribution in [1.82, 2.24) is 15.1 Å². The standard InChI is InChI=1S/C15H26N4O/c1-12-4-7-18(8-5-12)14-10-15(20)19(17-11-14)9-6-13(2)16-3/h10-13,16H,4-9H2,1-3H3. The van der Waals surface area contributed by atoms with Crippen molar-refractivity contribution in [2.45, 2.75) is 45.7 Å². The van der Waals surface area contributed by atoms with Gasteiger partial charge in [-0.15, -0.1) is 0 Å². The van der Waals surface area contributed by atoms with Crippen molar-refractivity contribution in [1.29, 1.82) is 0 Å². The quantitative estimate of drug-likeness (QED) is 0.886. The lowest BCUT2D eigenvalue weighted by Crippen LogP contribution is -2.35. The van der Waals surface area contributed by atoms with Crippen LogP contribution in [-0.4, -0.2) is 36.0 Å². The fourth-order valence-electron chi connectivity index (χ4n) is 2.49. The van der Waals surface area contributed by atoms with Crippen LogP contribution >= 0.6 is 0 Å². The lowest BCUT2D eigenvalue weighted by molar-refractivity contribution is 0.436. The van der Waals surface area contributed by atoms with Gasteiger partial charge in [0, 0.05) is 31.7 Å². The maximum atomic E-state index is 12.1. The van der Waals surface area contributed by atoms with E-state index in [-0.39, 0.29) is 5.56 Å². The van der Waals surface area contributed by atoms with Gasteiger partial charge in [-0.2, -0.15) is 5.10 Å². The Labute approximate surface area is 121 Å². The minimum Gasteiger partial charge on any atom is -0.370 e. The second-order valence-electron chi connectivity index (χ2n) is 5.92. The highest BCUT2D eigenvalue weighted by Gasteiger charge is 2.16. The molecular weight excluding hydrogens is 252 g/mol. The topological polar surface area (TPSA) is 50.2 Å². The lowest BCUT2D eigenvalue weighted by Gasteiger charge is -2.31. The number of hydrogen-bond acceptors (Lipinski definition) is 4. The number of piperidine rings is 1. The zero-order valence-corrected chi connectivity index (χ0v) is 12.8. The molecule has 1 aliphatic rings. The van der Waals surface area contributed by atoms with E-state index < -0.39 is 0 Å². The predicted molar refractivity (Wildman–Crippen MR) is 82.2 cm³/mol. The lowest BCUT2D eigenvalue weighted by atomic mass is 9.99. The maximum absolute atomic E-state index is 12.1. The molecule has 0 saturated carbocycles. The number of anilines is 1. The second kappa shape index (κ2) is 6.88. The third kappa shape index (κ3) is 3.82. The monoisotopic (exact) mass is 278 g/mol. The van der Waals surface area contributed by atoms with Gasteiger partial charge in [0.25, 0.3) is 5.56 Å². The molecule has 1 aliphatic heterocycles. The SMILES string of the molecule is CNC(C)CCn1ncc(N2CCC(C)CC2)cc1=O. The molecule has 112 valence electrons. The molecule has 1 aromatic rings. The van der Waals surface area contributed by atoms with Crippen LogP contribution in [0.1, 0.15) is 33.1 Å². The number of aryl methyl sites for hydroxylation is 1. The molecule has 1 atom stereocenters. The summed E-state index contributed by atoms with van der Waals surface area (Å²) in [6, 6.07) is 2.12. The molecule has 1 aromatic heterocycles. The van der Waals surface area contributed by atoms with Gasteiger partial charge in [0.2, 0.25) is 0 Å². The average molecular weight is 278 g/mol. The Balaban J connectivity index is 2.00. The van der Waals surface area contributed by atoms with Gasteiger partial charge in [-0.1, -0.05) is 6.92 Å². The Kier molecular flexibility index (Phi) is 5.17. The van der Waals surface area contributed by atoms with E-state index in [0.29, 0.717) is 12.6 Å². The van der Waals surface area contributed by atoms with Gasteiger partial charge in [-0.25, -0.2) is 4.68 Å². The zero-order valence-electron chi connectivity index (χ0n) is 12.8. The fraction of sp³-hybridized carbons (Fsp3) is 0.733. The molecule has 5 nitrogen and oxygen atoms in total. The van der Waals surface area contributed by atoms with Gasteiger partial charge in [0.05, 0.1) is 11.9 Å². The van der Waals surface area contributed by atoms with E-state index in [1.807, 2.05) is 13.2 Å². The molecule has 2 rings (SSSR count). The van der Waals surface area contributed by atoms with Gasteiger partial charge in [-0.3, -0.25) is 4.79 Å². The van der Waals surface area contributed by atoms with Crippen LogP contribution in [-0.2, 0) is 6.54 Å². The molecule has 1 N–H and O–H groups in total. The highest BCUT2D eigenvalue weighted by atomic mass is 16.1. The number of aromatic nitrogens is 2. The summed E-state index contributed by atoms with van der Waals surface area (Å²) in [5.74, 6) is 0.794. The Bertz CT molecular complexity index is 477. The Hall–Kier alpha value is -1.36. The predicted octanol–water partition coefficient (Wildman–Crippen LogP) is 1.48. The van der Waals surface area contributed by atoms with Crippen molar-refractivity contribution >= 4 is 5.69 Å². The largest absolute Gasteiger partial charge is 0.370 e. The number of hydrogen-bond donors (Lipinski definition) is 1. The molecule has 1 unspecified atom stereocenters. The van der Waals surface area contributed by atoms with E-state index in [9.17, 15) is 4.79 Å². The van der Waals surface area contributed by atoms with Crippen LogP contribution in [0, 0.1) is 5.92 Å². The van der Waals surface area contributed by atoms with E-state index in [2.05, 4.69) is 29.2 Å². The van der Waals surface area contributed by atoms with Crippen LogP contribution in [0.15, 0.2) is 17.1 Å². The third-order valence-electron chi connectivity index (χ3n) is 4.27. The Morgan fingerprint density at radius 1 is 1.45 bits per heavy atom. The molecule has 0 bridgehead atoms. The highest BCUT2D eigenvalue weighted by Crippen LogP contribution is 2.20. The fourth-order valence-corrected chi connectivity index (χ4v) is 2.49. The van der Waals surface area contributed by atoms with Crippen LogP contribution in [0.3, 0.4) is 0 Å². The number of nitrogens with zero attached hydrogens (tertiary/aromatic N) is 3. The smallest absolute Gasteiger partial charge is 0.268 e. The first-order valence-corrected chi connectivity index (χ1v) is 7.59. The summed E-state index contributed by atoms with van der Waals surface area (Å²) in [7, 11) is 1.93. The van der Waals surface area contributed by atoms with Gasteiger partial charge < -0.3 is 10.2 Å². The normalized spacial score (nSPS) is 18.2. The summed E-state index contributed by atoms with van der Waals surface area (Å²) in [5.41, 5.74) is 0.976. The molecular formula is C15H26N4O. The first kappa shape index (κ1) is 15.0. The van der Waals surface area contributed by atoms with E-state index >= 15 is 0 Å². The number of rotatable bonds is 5. The van der Waals surface area contributed by atoms with Crippen LogP contribution in [0.5, 0.6) is 0 Å². The maximum Gasteiger partial charge on any atom is 0.268 e. The average Bonchev–Trinajstić information content (AvgIpc) is 2.46. The van der Waals surface area contributed by atoms with Crippen LogP contribution < -0.4 is 15.8 Å². The molecule has 0 spiro atoms. The van der Waals surface area contributed by atoms with E-state index in [1.165, 1.54) is 12.8 Å². The van der Waals surface area contributed by atoms with Crippen LogP contribution in [0.25, 0.3) is 0 Å². The summed E-state index contributed by atoms with van der Waals surface area (Å²) in [5, 5.41) is 7.48. The van der Waals surface area contributed by atoms with Crippen molar-refractivity contribution < 1.29 is 0 Å². The molecule has 20 heavy (non-hydrogen) atoms. The first-order valence-electron chi connectivity index (χ1n) is 7.59. The number of nitrogens with one attached hydrogen (secondary N) is 1. The highest BCUT2D eigenvalue weighted by molar-refractivity contribution is 5.43. The van der Waals surface area contributed by atoms with Crippen molar-refractivity contribution in [3.63, 3.8) is 0 Å². The Morgan fingerprint density at radius 2 is 2.15 bits per heavy atom. The molecule has 1 fully saturated rings. The zero-order chi connectivity index (χ0) is 14.5. The summed E-state index contributed by atoms with van der Waals surface area (Å²) >= 11 is 0. The minimum atomic E-state index is 0.00410. The molecule has 0 aliphatic carbocycles. The molecule has 1 saturated heterocycles. The first-order chi connectivity index (χ1) is 9.60. The van der Waals surface area contributed by atoms with Crippen molar-refractivity contribution in [2.75, 3.05) is 25.0 Å². The molecule has 0 radical (unpaired) electrons. The van der Waals surface area contributed by atoms with Crippen LogP contribution in [0.4, 0.5) is 5.69 Å². The van der Waals surface area contributed by atoms with E-state index in [1.54, 1.807) is 10.7 Å². The summed E-state index contributed by atoms with van der Waals surface area (Å²) in [6.45, 7) is 7.12. The van der Waals surface area contributed by atoms with Crippen molar-refractivity contribution in [3.05, 3.63) is 22.6 Å². The molecule has 0 aromatic carbocycles. The van der Waals surface area contributed by atoms with Crippen LogP contribution in [0.2, 0.25) is 0 Å². The van der Waals surface area contributed by atoms with Gasteiger partial charge in [0.15, 0.2) is 0 Å². The van der Waals surface area contributed by atoms with Gasteiger partial charge in [0.1, 0.15) is 0 Å². The summed E-state index contributed by atoms with van der Waals surface area (Å²) < 4.78 is 1.56. The summed E-state index contributed by atoms with van der Waals surface area (Å²) in [4.78, 5) is 14.4. The van der Waals surface area contributed by atoms with Crippen molar-refractivity contribution in [2.24, 2.45) is 5.92 Å². The Morgan fingerprint density at radius 3 is 2.75 bits per heavy atom. The molecule has 2 heterocycles. The van der Waals surface area contributed by atoms with Crippen molar-refractivity contribution in [3.8, 4) is 0 Å².